The summed E-state index contributed by atoms with van der Waals surface area (Å²) in [5.41, 5.74) is 4.76. The van der Waals surface area contributed by atoms with Crippen LogP contribution in [0.2, 0.25) is 0 Å². The molecule has 0 unspecified atom stereocenters. The second-order valence-corrected chi connectivity index (χ2v) is 6.47. The van der Waals surface area contributed by atoms with Gasteiger partial charge in [-0.05, 0) is 30.5 Å². The number of carbonyl (C=O) groups excluding carboxylic acids is 1. The molecule has 1 N–H and O–H groups in total. The Morgan fingerprint density at radius 1 is 1.29 bits per heavy atom. The van der Waals surface area contributed by atoms with Crippen molar-refractivity contribution in [3.8, 4) is 11.5 Å². The van der Waals surface area contributed by atoms with Crippen LogP contribution < -0.4 is 19.8 Å². The summed E-state index contributed by atoms with van der Waals surface area (Å²) in [6, 6.07) is 10.8. The van der Waals surface area contributed by atoms with E-state index >= 15 is 0 Å². The van der Waals surface area contributed by atoms with Crippen molar-refractivity contribution in [3.05, 3.63) is 57.6 Å². The summed E-state index contributed by atoms with van der Waals surface area (Å²) in [6.07, 6.45) is 3.22. The highest BCUT2D eigenvalue weighted by molar-refractivity contribution is 5.89. The van der Waals surface area contributed by atoms with Crippen molar-refractivity contribution in [1.29, 1.82) is 0 Å². The molecule has 144 valence electrons. The molecule has 0 aromatic heterocycles. The van der Waals surface area contributed by atoms with Crippen LogP contribution in [0.25, 0.3) is 0 Å². The fraction of sp³-hybridized carbons (Fsp3) is 0.263. The van der Waals surface area contributed by atoms with E-state index in [2.05, 4.69) is 16.6 Å². The van der Waals surface area contributed by atoms with Gasteiger partial charge in [-0.15, -0.1) is 0 Å². The van der Waals surface area contributed by atoms with E-state index in [0.717, 1.165) is 25.1 Å². The molecule has 9 heteroatoms. The number of rotatable bonds is 5. The molecule has 28 heavy (non-hydrogen) atoms. The van der Waals surface area contributed by atoms with Crippen LogP contribution >= 0.6 is 0 Å². The molecule has 2 aliphatic heterocycles. The van der Waals surface area contributed by atoms with Gasteiger partial charge in [-0.2, -0.15) is 5.10 Å². The highest BCUT2D eigenvalue weighted by Gasteiger charge is 2.23. The molecule has 0 aliphatic carbocycles. The van der Waals surface area contributed by atoms with Crippen molar-refractivity contribution in [2.45, 2.75) is 12.8 Å². The highest BCUT2D eigenvalue weighted by atomic mass is 16.7. The number of nitro groups is 1. The standard InChI is InChI=1S/C19H18N4O5/c24-19(11-22-7-3-5-13-4-1-2-6-15(13)22)21-20-10-14-8-17-18(28-12-27-17)9-16(14)23(25)26/h1-2,4,6,8-10H,3,5,7,11-12H2,(H,21,24)/b20-10-. The minimum absolute atomic E-state index is 0.0150. The lowest BCUT2D eigenvalue weighted by Crippen LogP contribution is -2.38. The maximum Gasteiger partial charge on any atom is 0.282 e. The zero-order valence-electron chi connectivity index (χ0n) is 15.0. The largest absolute Gasteiger partial charge is 0.454 e. The average molecular weight is 382 g/mol. The number of nitrogens with one attached hydrogen (secondary N) is 1. The number of nitrogens with zero attached hydrogens (tertiary/aromatic N) is 3. The summed E-state index contributed by atoms with van der Waals surface area (Å²) in [4.78, 5) is 25.0. The number of ether oxygens (including phenoxy) is 2. The molecule has 2 heterocycles. The van der Waals surface area contributed by atoms with E-state index in [0.29, 0.717) is 11.5 Å². The van der Waals surface area contributed by atoms with E-state index in [-0.39, 0.29) is 30.5 Å². The van der Waals surface area contributed by atoms with Crippen molar-refractivity contribution in [3.63, 3.8) is 0 Å². The predicted molar refractivity (Wildman–Crippen MR) is 102 cm³/mol. The molecule has 0 spiro atoms. The molecular weight excluding hydrogens is 364 g/mol. The average Bonchev–Trinajstić information content (AvgIpc) is 3.15. The number of para-hydroxylation sites is 1. The molecule has 2 aliphatic rings. The number of benzene rings is 2. The third-order valence-electron chi connectivity index (χ3n) is 4.65. The van der Waals surface area contributed by atoms with Crippen LogP contribution in [0, 0.1) is 10.1 Å². The first-order valence-electron chi connectivity index (χ1n) is 8.84. The normalized spacial score (nSPS) is 14.8. The second kappa shape index (κ2) is 7.55. The Bertz CT molecular complexity index is 959. The van der Waals surface area contributed by atoms with E-state index in [1.807, 2.05) is 23.1 Å². The van der Waals surface area contributed by atoms with Gasteiger partial charge in [0, 0.05) is 12.2 Å². The molecule has 0 fully saturated rings. The smallest absolute Gasteiger partial charge is 0.282 e. The summed E-state index contributed by atoms with van der Waals surface area (Å²) in [6.45, 7) is 0.973. The SMILES string of the molecule is O=C(CN1CCCc2ccccc21)N/N=C\c1cc2c(cc1[N+](=O)[O-])OCO2. The van der Waals surface area contributed by atoms with Crippen LogP contribution in [0.1, 0.15) is 17.5 Å². The lowest BCUT2D eigenvalue weighted by atomic mass is 10.0. The van der Waals surface area contributed by atoms with Gasteiger partial charge >= 0.3 is 0 Å². The number of aryl methyl sites for hydroxylation is 1. The number of hydrogen-bond acceptors (Lipinski definition) is 7. The van der Waals surface area contributed by atoms with Crippen molar-refractivity contribution < 1.29 is 19.2 Å². The quantitative estimate of drug-likeness (QED) is 0.483. The van der Waals surface area contributed by atoms with Gasteiger partial charge < -0.3 is 14.4 Å². The molecule has 0 saturated carbocycles. The summed E-state index contributed by atoms with van der Waals surface area (Å²) < 4.78 is 10.4. The summed E-state index contributed by atoms with van der Waals surface area (Å²) in [7, 11) is 0. The maximum absolute atomic E-state index is 12.3. The van der Waals surface area contributed by atoms with Crippen LogP contribution in [-0.2, 0) is 11.2 Å². The number of hydrazone groups is 1. The van der Waals surface area contributed by atoms with Crippen LogP contribution in [0.3, 0.4) is 0 Å². The van der Waals surface area contributed by atoms with Crippen molar-refractivity contribution in [1.82, 2.24) is 5.43 Å². The number of fused-ring (bicyclic) bond motifs is 2. The Kier molecular flexibility index (Phi) is 4.79. The Morgan fingerprint density at radius 3 is 2.89 bits per heavy atom. The van der Waals surface area contributed by atoms with E-state index in [9.17, 15) is 14.9 Å². The van der Waals surface area contributed by atoms with E-state index < -0.39 is 4.92 Å². The van der Waals surface area contributed by atoms with Gasteiger partial charge in [0.15, 0.2) is 11.5 Å². The first-order valence-corrected chi connectivity index (χ1v) is 8.84. The first-order chi connectivity index (χ1) is 13.6. The molecule has 0 atom stereocenters. The highest BCUT2D eigenvalue weighted by Crippen LogP contribution is 2.37. The van der Waals surface area contributed by atoms with Gasteiger partial charge in [0.2, 0.25) is 6.79 Å². The molecule has 0 saturated heterocycles. The lowest BCUT2D eigenvalue weighted by Gasteiger charge is -2.30. The third-order valence-corrected chi connectivity index (χ3v) is 4.65. The Balaban J connectivity index is 1.43. The van der Waals surface area contributed by atoms with Crippen LogP contribution in [0.4, 0.5) is 11.4 Å². The van der Waals surface area contributed by atoms with Gasteiger partial charge in [0.1, 0.15) is 0 Å². The van der Waals surface area contributed by atoms with E-state index in [1.54, 1.807) is 0 Å². The Labute approximate surface area is 160 Å². The van der Waals surface area contributed by atoms with Gasteiger partial charge in [0.05, 0.1) is 29.3 Å². The molecule has 0 radical (unpaired) electrons. The molecule has 0 bridgehead atoms. The molecule has 2 aromatic rings. The van der Waals surface area contributed by atoms with Crippen LogP contribution in [0.5, 0.6) is 11.5 Å². The minimum atomic E-state index is -0.532. The van der Waals surface area contributed by atoms with Gasteiger partial charge in [-0.3, -0.25) is 14.9 Å². The van der Waals surface area contributed by atoms with E-state index in [4.69, 9.17) is 9.47 Å². The lowest BCUT2D eigenvalue weighted by molar-refractivity contribution is -0.385. The number of carbonyl (C=O) groups is 1. The van der Waals surface area contributed by atoms with Gasteiger partial charge in [0.25, 0.3) is 11.6 Å². The van der Waals surface area contributed by atoms with Crippen LogP contribution in [-0.4, -0.2) is 36.9 Å². The minimum Gasteiger partial charge on any atom is -0.454 e. The van der Waals surface area contributed by atoms with Crippen molar-refractivity contribution in [2.24, 2.45) is 5.10 Å². The number of amides is 1. The molecular formula is C19H18N4O5. The van der Waals surface area contributed by atoms with Crippen molar-refractivity contribution >= 4 is 23.5 Å². The monoisotopic (exact) mass is 382 g/mol. The van der Waals surface area contributed by atoms with Gasteiger partial charge in [-0.25, -0.2) is 5.43 Å². The Hall–Kier alpha value is -3.62. The predicted octanol–water partition coefficient (Wildman–Crippen LogP) is 2.23. The zero-order valence-corrected chi connectivity index (χ0v) is 15.0. The number of hydrogen-bond donors (Lipinski definition) is 1. The van der Waals surface area contributed by atoms with E-state index in [1.165, 1.54) is 23.9 Å². The fourth-order valence-electron chi connectivity index (χ4n) is 3.37. The summed E-state index contributed by atoms with van der Waals surface area (Å²) in [5, 5.41) is 15.1. The van der Waals surface area contributed by atoms with Crippen molar-refractivity contribution in [2.75, 3.05) is 24.8 Å². The first kappa shape index (κ1) is 17.8. The topological polar surface area (TPSA) is 106 Å². The summed E-state index contributed by atoms with van der Waals surface area (Å²) >= 11 is 0. The molecule has 9 nitrogen and oxygen atoms in total. The molecule has 4 rings (SSSR count). The second-order valence-electron chi connectivity index (χ2n) is 6.47. The molecule has 2 aromatic carbocycles. The van der Waals surface area contributed by atoms with Crippen LogP contribution in [0.15, 0.2) is 41.5 Å². The number of anilines is 1. The third kappa shape index (κ3) is 3.59. The molecule has 1 amide bonds. The fourth-order valence-corrected chi connectivity index (χ4v) is 3.37. The summed E-state index contributed by atoms with van der Waals surface area (Å²) in [5.74, 6) is 0.427. The zero-order chi connectivity index (χ0) is 19.5. The Morgan fingerprint density at radius 2 is 2.07 bits per heavy atom. The number of nitro benzene ring substituents is 1. The van der Waals surface area contributed by atoms with Gasteiger partial charge in [-0.1, -0.05) is 18.2 Å². The maximum atomic E-state index is 12.3.